The minimum atomic E-state index is -3.16. The van der Waals surface area contributed by atoms with Crippen LogP contribution in [0.25, 0.3) is 0 Å². The van der Waals surface area contributed by atoms with E-state index in [1.807, 2.05) is 32.0 Å². The molecule has 5 heteroatoms. The number of hydrogen-bond acceptors (Lipinski definition) is 3. The molecular weight excluding hydrogens is 236 g/mol. The Balaban J connectivity index is 2.64. The standard InChI is InChI=1S/C12H20N2O2S/c1-3-4-8-17(15,16)14-9-11-6-5-7-12(13)10(11)2/h5-7,14H,3-4,8-9,13H2,1-2H3. The molecule has 3 N–H and O–H groups in total. The Morgan fingerprint density at radius 1 is 1.35 bits per heavy atom. The Labute approximate surface area is 103 Å². The lowest BCUT2D eigenvalue weighted by Crippen LogP contribution is -2.26. The van der Waals surface area contributed by atoms with Crippen LogP contribution in [-0.4, -0.2) is 14.2 Å². The fraction of sp³-hybridized carbons (Fsp3) is 0.500. The molecule has 1 aromatic rings. The van der Waals surface area contributed by atoms with E-state index in [4.69, 9.17) is 5.73 Å². The van der Waals surface area contributed by atoms with Crippen molar-refractivity contribution in [1.29, 1.82) is 0 Å². The number of anilines is 1. The molecule has 1 rings (SSSR count). The first kappa shape index (κ1) is 14.0. The number of rotatable bonds is 6. The molecule has 96 valence electrons. The Hall–Kier alpha value is -1.07. The van der Waals surface area contributed by atoms with Crippen LogP contribution < -0.4 is 10.5 Å². The van der Waals surface area contributed by atoms with Crippen molar-refractivity contribution in [3.05, 3.63) is 29.3 Å². The summed E-state index contributed by atoms with van der Waals surface area (Å²) in [4.78, 5) is 0. The predicted molar refractivity (Wildman–Crippen MR) is 71.1 cm³/mol. The van der Waals surface area contributed by atoms with Crippen LogP contribution in [0.3, 0.4) is 0 Å². The summed E-state index contributed by atoms with van der Waals surface area (Å²) < 4.78 is 25.8. The van der Waals surface area contributed by atoms with E-state index in [0.717, 1.165) is 17.5 Å². The quantitative estimate of drug-likeness (QED) is 0.762. The molecule has 1 aromatic carbocycles. The molecule has 17 heavy (non-hydrogen) atoms. The molecule has 0 fully saturated rings. The van der Waals surface area contributed by atoms with Crippen molar-refractivity contribution >= 4 is 15.7 Å². The molecule has 0 saturated carbocycles. The Bertz CT molecular complexity index is 469. The topological polar surface area (TPSA) is 72.2 Å². The molecule has 0 aromatic heterocycles. The first-order valence-corrected chi connectivity index (χ1v) is 7.43. The number of nitrogens with one attached hydrogen (secondary N) is 1. The number of nitrogen functional groups attached to an aromatic ring is 1. The summed E-state index contributed by atoms with van der Waals surface area (Å²) in [5.74, 6) is 0.185. The van der Waals surface area contributed by atoms with Gasteiger partial charge in [-0.15, -0.1) is 0 Å². The van der Waals surface area contributed by atoms with Gasteiger partial charge in [0.15, 0.2) is 0 Å². The monoisotopic (exact) mass is 256 g/mol. The number of sulfonamides is 1. The van der Waals surface area contributed by atoms with Crippen molar-refractivity contribution in [2.24, 2.45) is 0 Å². The second-order valence-corrected chi connectivity index (χ2v) is 6.05. The van der Waals surface area contributed by atoms with Gasteiger partial charge in [0.2, 0.25) is 10.0 Å². The molecule has 0 amide bonds. The second-order valence-electron chi connectivity index (χ2n) is 4.12. The highest BCUT2D eigenvalue weighted by atomic mass is 32.2. The third-order valence-electron chi connectivity index (χ3n) is 2.74. The molecule has 0 spiro atoms. The van der Waals surface area contributed by atoms with Gasteiger partial charge in [-0.05, 0) is 30.5 Å². The van der Waals surface area contributed by atoms with Crippen molar-refractivity contribution in [1.82, 2.24) is 4.72 Å². The zero-order chi connectivity index (χ0) is 12.9. The van der Waals surface area contributed by atoms with Gasteiger partial charge in [-0.3, -0.25) is 0 Å². The van der Waals surface area contributed by atoms with E-state index in [9.17, 15) is 8.42 Å². The molecular formula is C12H20N2O2S. The normalized spacial score (nSPS) is 11.6. The average molecular weight is 256 g/mol. The molecule has 0 aliphatic rings. The largest absolute Gasteiger partial charge is 0.399 e. The van der Waals surface area contributed by atoms with Crippen LogP contribution in [0.15, 0.2) is 18.2 Å². The van der Waals surface area contributed by atoms with Gasteiger partial charge in [-0.2, -0.15) is 0 Å². The van der Waals surface area contributed by atoms with Crippen LogP contribution in [-0.2, 0) is 16.6 Å². The Morgan fingerprint density at radius 2 is 2.06 bits per heavy atom. The van der Waals surface area contributed by atoms with Gasteiger partial charge in [-0.25, -0.2) is 13.1 Å². The lowest BCUT2D eigenvalue weighted by Gasteiger charge is -2.10. The maximum atomic E-state index is 11.6. The molecule has 0 heterocycles. The fourth-order valence-electron chi connectivity index (χ4n) is 1.49. The molecule has 0 aliphatic carbocycles. The van der Waals surface area contributed by atoms with Gasteiger partial charge in [0.25, 0.3) is 0 Å². The lowest BCUT2D eigenvalue weighted by atomic mass is 10.1. The SMILES string of the molecule is CCCCS(=O)(=O)NCc1cccc(N)c1C. The number of unbranched alkanes of at least 4 members (excludes halogenated alkanes) is 1. The minimum Gasteiger partial charge on any atom is -0.399 e. The number of hydrogen-bond donors (Lipinski definition) is 2. The predicted octanol–water partition coefficient (Wildman–Crippen LogP) is 1.80. The molecule has 0 radical (unpaired) electrons. The fourth-order valence-corrected chi connectivity index (χ4v) is 2.68. The van der Waals surface area contributed by atoms with E-state index < -0.39 is 10.0 Å². The second kappa shape index (κ2) is 6.02. The third-order valence-corrected chi connectivity index (χ3v) is 4.15. The smallest absolute Gasteiger partial charge is 0.211 e. The molecule has 0 unspecified atom stereocenters. The summed E-state index contributed by atoms with van der Waals surface area (Å²) in [6.45, 7) is 4.17. The van der Waals surface area contributed by atoms with E-state index in [1.165, 1.54) is 0 Å². The minimum absolute atomic E-state index is 0.185. The van der Waals surface area contributed by atoms with Gasteiger partial charge in [0.05, 0.1) is 5.75 Å². The van der Waals surface area contributed by atoms with Crippen molar-refractivity contribution in [3.63, 3.8) is 0 Å². The van der Waals surface area contributed by atoms with Crippen molar-refractivity contribution in [2.75, 3.05) is 11.5 Å². The molecule has 4 nitrogen and oxygen atoms in total. The van der Waals surface area contributed by atoms with Gasteiger partial charge >= 0.3 is 0 Å². The molecule has 0 bridgehead atoms. The van der Waals surface area contributed by atoms with Crippen LogP contribution in [0.4, 0.5) is 5.69 Å². The van der Waals surface area contributed by atoms with E-state index in [-0.39, 0.29) is 5.75 Å². The van der Waals surface area contributed by atoms with Gasteiger partial charge in [-0.1, -0.05) is 25.5 Å². The first-order valence-electron chi connectivity index (χ1n) is 5.77. The zero-order valence-electron chi connectivity index (χ0n) is 10.4. The van der Waals surface area contributed by atoms with Crippen molar-refractivity contribution in [3.8, 4) is 0 Å². The highest BCUT2D eigenvalue weighted by Gasteiger charge is 2.10. The summed E-state index contributed by atoms with van der Waals surface area (Å²) in [6.07, 6.45) is 1.56. The van der Waals surface area contributed by atoms with Crippen molar-refractivity contribution < 1.29 is 8.42 Å². The van der Waals surface area contributed by atoms with E-state index >= 15 is 0 Å². The zero-order valence-corrected chi connectivity index (χ0v) is 11.2. The van der Waals surface area contributed by atoms with Gasteiger partial charge in [0, 0.05) is 12.2 Å². The van der Waals surface area contributed by atoms with Gasteiger partial charge < -0.3 is 5.73 Å². The highest BCUT2D eigenvalue weighted by Crippen LogP contribution is 2.15. The maximum Gasteiger partial charge on any atom is 0.211 e. The van der Waals surface area contributed by atoms with Crippen LogP contribution in [0, 0.1) is 6.92 Å². The van der Waals surface area contributed by atoms with E-state index in [1.54, 1.807) is 0 Å². The molecule has 0 saturated heterocycles. The number of nitrogens with two attached hydrogens (primary N) is 1. The van der Waals surface area contributed by atoms with Gasteiger partial charge in [0.1, 0.15) is 0 Å². The summed E-state index contributed by atoms with van der Waals surface area (Å²) in [7, 11) is -3.16. The molecule has 0 aliphatic heterocycles. The van der Waals surface area contributed by atoms with E-state index in [2.05, 4.69) is 4.72 Å². The highest BCUT2D eigenvalue weighted by molar-refractivity contribution is 7.89. The first-order chi connectivity index (χ1) is 7.96. The average Bonchev–Trinajstić information content (AvgIpc) is 2.29. The van der Waals surface area contributed by atoms with Crippen LogP contribution in [0.5, 0.6) is 0 Å². The third kappa shape index (κ3) is 4.36. The Morgan fingerprint density at radius 3 is 2.71 bits per heavy atom. The van der Waals surface area contributed by atoms with Crippen LogP contribution in [0.1, 0.15) is 30.9 Å². The van der Waals surface area contributed by atoms with E-state index in [0.29, 0.717) is 18.7 Å². The summed E-state index contributed by atoms with van der Waals surface area (Å²) in [5, 5.41) is 0. The summed E-state index contributed by atoms with van der Waals surface area (Å²) in [6, 6.07) is 5.52. The lowest BCUT2D eigenvalue weighted by molar-refractivity contribution is 0.578. The van der Waals surface area contributed by atoms with Crippen LogP contribution in [0.2, 0.25) is 0 Å². The van der Waals surface area contributed by atoms with Crippen LogP contribution >= 0.6 is 0 Å². The maximum absolute atomic E-state index is 11.6. The number of benzene rings is 1. The summed E-state index contributed by atoms with van der Waals surface area (Å²) in [5.41, 5.74) is 8.31. The summed E-state index contributed by atoms with van der Waals surface area (Å²) >= 11 is 0. The van der Waals surface area contributed by atoms with Crippen molar-refractivity contribution in [2.45, 2.75) is 33.2 Å². The molecule has 0 atom stereocenters. The Kier molecular flexibility index (Phi) is 4.96.